The molecule has 0 amide bonds. The predicted molar refractivity (Wildman–Crippen MR) is 133 cm³/mol. The number of fused-ring (bicyclic) bond motifs is 1. The predicted octanol–water partition coefficient (Wildman–Crippen LogP) is 2.80. The lowest BCUT2D eigenvalue weighted by molar-refractivity contribution is -0.0454. The zero-order valence-corrected chi connectivity index (χ0v) is 20.1. The summed E-state index contributed by atoms with van der Waals surface area (Å²) < 4.78 is 38.3. The van der Waals surface area contributed by atoms with Crippen LogP contribution in [0.1, 0.15) is 23.1 Å². The molecule has 2 heterocycles. The van der Waals surface area contributed by atoms with Gasteiger partial charge in [0.1, 0.15) is 11.5 Å². The lowest BCUT2D eigenvalue weighted by Gasteiger charge is -2.08. The molecule has 0 fully saturated rings. The first-order chi connectivity index (χ1) is 17.1. The van der Waals surface area contributed by atoms with Gasteiger partial charge in [0.05, 0.1) is 10.6 Å². The van der Waals surface area contributed by atoms with Crippen LogP contribution in [-0.2, 0) is 16.4 Å². The Morgan fingerprint density at radius 2 is 1.86 bits per heavy atom. The summed E-state index contributed by atoms with van der Waals surface area (Å²) in [6.45, 7) is 0. The molecule has 0 bridgehead atoms. The summed E-state index contributed by atoms with van der Waals surface area (Å²) in [5.74, 6) is -0.390. The fraction of sp³-hybridized carbons (Fsp3) is 0.0833. The van der Waals surface area contributed by atoms with E-state index in [9.17, 15) is 27.8 Å². The summed E-state index contributed by atoms with van der Waals surface area (Å²) in [4.78, 5) is 17.6. The van der Waals surface area contributed by atoms with Gasteiger partial charge in [-0.25, -0.2) is 22.9 Å². The summed E-state index contributed by atoms with van der Waals surface area (Å²) in [5.41, 5.74) is 1.71. The highest BCUT2D eigenvalue weighted by atomic mass is 32.2. The molecular formula is C24H19FN4O5S2. The third-order valence-corrected chi connectivity index (χ3v) is 7.47. The van der Waals surface area contributed by atoms with Crippen molar-refractivity contribution in [2.75, 3.05) is 0 Å². The van der Waals surface area contributed by atoms with Crippen LogP contribution in [0.15, 0.2) is 75.7 Å². The average Bonchev–Trinajstić information content (AvgIpc) is 3.44. The molecular weight excluding hydrogens is 507 g/mol. The van der Waals surface area contributed by atoms with E-state index in [1.54, 1.807) is 36.4 Å². The minimum Gasteiger partial charge on any atom is -0.363 e. The normalized spacial score (nSPS) is 12.0. The van der Waals surface area contributed by atoms with E-state index in [1.807, 2.05) is 0 Å². The molecule has 5 rings (SSSR count). The second kappa shape index (κ2) is 9.08. The van der Waals surface area contributed by atoms with E-state index in [0.29, 0.717) is 33.2 Å². The van der Waals surface area contributed by atoms with E-state index in [2.05, 4.69) is 10.1 Å². The molecule has 0 atom stereocenters. The third kappa shape index (κ3) is 4.47. The van der Waals surface area contributed by atoms with Gasteiger partial charge in [0.25, 0.3) is 5.56 Å². The topological polar surface area (TPSA) is 151 Å². The molecule has 0 aliphatic carbocycles. The minimum atomic E-state index is -3.87. The van der Waals surface area contributed by atoms with Crippen LogP contribution in [0.4, 0.5) is 4.39 Å². The number of nitrogens with two attached hydrogens (primary N) is 1. The quantitative estimate of drug-likeness (QED) is 0.250. The molecule has 5 N–H and O–H groups in total. The van der Waals surface area contributed by atoms with Crippen LogP contribution in [0.3, 0.4) is 0 Å². The van der Waals surface area contributed by atoms with Gasteiger partial charge in [-0.15, -0.1) is 11.3 Å². The lowest BCUT2D eigenvalue weighted by atomic mass is 9.97. The highest BCUT2D eigenvalue weighted by Crippen LogP contribution is 2.31. The van der Waals surface area contributed by atoms with Crippen molar-refractivity contribution in [3.8, 4) is 16.4 Å². The number of sulfonamides is 1. The molecule has 184 valence electrons. The lowest BCUT2D eigenvalue weighted by Crippen LogP contribution is -2.17. The van der Waals surface area contributed by atoms with Crippen molar-refractivity contribution in [3.63, 3.8) is 0 Å². The van der Waals surface area contributed by atoms with Crippen molar-refractivity contribution >= 4 is 32.1 Å². The van der Waals surface area contributed by atoms with Crippen molar-refractivity contribution in [2.24, 2.45) is 5.14 Å². The molecule has 0 saturated carbocycles. The number of H-pyrrole nitrogens is 1. The van der Waals surface area contributed by atoms with Gasteiger partial charge >= 0.3 is 0 Å². The van der Waals surface area contributed by atoms with Gasteiger partial charge in [-0.3, -0.25) is 9.89 Å². The van der Waals surface area contributed by atoms with E-state index < -0.39 is 27.7 Å². The third-order valence-electron chi connectivity index (χ3n) is 5.70. The Bertz CT molecular complexity index is 1760. The van der Waals surface area contributed by atoms with Crippen LogP contribution in [-0.4, -0.2) is 33.4 Å². The van der Waals surface area contributed by atoms with E-state index in [-0.39, 0.29) is 22.1 Å². The van der Waals surface area contributed by atoms with Crippen molar-refractivity contribution in [1.29, 1.82) is 0 Å². The van der Waals surface area contributed by atoms with Crippen LogP contribution < -0.4 is 10.7 Å². The Morgan fingerprint density at radius 3 is 2.53 bits per heavy atom. The molecule has 0 spiro atoms. The Balaban J connectivity index is 1.69. The van der Waals surface area contributed by atoms with E-state index in [4.69, 9.17) is 5.14 Å². The summed E-state index contributed by atoms with van der Waals surface area (Å²) in [5, 5.41) is 30.1. The number of benzene rings is 3. The number of aromatic amines is 1. The van der Waals surface area contributed by atoms with Crippen molar-refractivity contribution in [3.05, 3.63) is 99.0 Å². The SMILES string of the molecule is NS(=O)(=O)c1ccc(Cc2c(-c3cccc4cc(F)ccc34)[nH]n(-c3nc(C(O)O)cs3)c2=O)cc1. The molecule has 9 nitrogen and oxygen atoms in total. The van der Waals surface area contributed by atoms with Gasteiger partial charge in [0, 0.05) is 22.9 Å². The number of hydrogen-bond donors (Lipinski definition) is 4. The standard InChI is InChI=1S/C24H19FN4O5S2/c25-15-6-9-17-14(11-15)2-1-3-18(17)21-19(10-13-4-7-16(8-5-13)36(26,33)34)22(30)29(28-21)24-27-20(12-35-24)23(31)32/h1-9,11-12,23,28,31-32H,10H2,(H2,26,33,34). The number of nitrogens with zero attached hydrogens (tertiary/aromatic N) is 2. The monoisotopic (exact) mass is 526 g/mol. The fourth-order valence-electron chi connectivity index (χ4n) is 3.96. The maximum Gasteiger partial charge on any atom is 0.277 e. The molecule has 0 unspecified atom stereocenters. The van der Waals surface area contributed by atoms with Gasteiger partial charge < -0.3 is 10.2 Å². The molecule has 0 aliphatic heterocycles. The van der Waals surface area contributed by atoms with Gasteiger partial charge in [-0.05, 0) is 40.6 Å². The molecule has 2 aromatic heterocycles. The number of aromatic nitrogens is 3. The maximum absolute atomic E-state index is 13.8. The minimum absolute atomic E-state index is 0.00109. The van der Waals surface area contributed by atoms with Crippen LogP contribution >= 0.6 is 11.3 Å². The van der Waals surface area contributed by atoms with Crippen LogP contribution in [0.5, 0.6) is 0 Å². The fourth-order valence-corrected chi connectivity index (χ4v) is 5.27. The summed E-state index contributed by atoms with van der Waals surface area (Å²) in [7, 11) is -3.87. The highest BCUT2D eigenvalue weighted by molar-refractivity contribution is 7.89. The number of aliphatic hydroxyl groups is 2. The smallest absolute Gasteiger partial charge is 0.277 e. The maximum atomic E-state index is 13.8. The number of nitrogens with one attached hydrogen (secondary N) is 1. The van der Waals surface area contributed by atoms with Crippen molar-refractivity contribution in [2.45, 2.75) is 17.6 Å². The van der Waals surface area contributed by atoms with Gasteiger partial charge in [0.2, 0.25) is 15.2 Å². The molecule has 12 heteroatoms. The van der Waals surface area contributed by atoms with Crippen LogP contribution in [0.2, 0.25) is 0 Å². The summed E-state index contributed by atoms with van der Waals surface area (Å²) in [6, 6.07) is 15.6. The number of rotatable bonds is 6. The second-order valence-electron chi connectivity index (χ2n) is 8.07. The zero-order chi connectivity index (χ0) is 25.6. The Morgan fingerprint density at radius 1 is 1.11 bits per heavy atom. The Hall–Kier alpha value is -3.68. The molecule has 5 aromatic rings. The molecule has 36 heavy (non-hydrogen) atoms. The molecule has 0 aliphatic rings. The number of halogens is 1. The molecule has 0 radical (unpaired) electrons. The molecule has 3 aromatic carbocycles. The van der Waals surface area contributed by atoms with Gasteiger partial charge in [-0.1, -0.05) is 36.4 Å². The van der Waals surface area contributed by atoms with Crippen molar-refractivity contribution in [1.82, 2.24) is 14.8 Å². The highest BCUT2D eigenvalue weighted by Gasteiger charge is 2.21. The first-order valence-corrected chi connectivity index (χ1v) is 13.0. The van der Waals surface area contributed by atoms with Crippen LogP contribution in [0, 0.1) is 5.82 Å². The number of hydrogen-bond acceptors (Lipinski definition) is 7. The van der Waals surface area contributed by atoms with E-state index in [1.165, 1.54) is 34.3 Å². The summed E-state index contributed by atoms with van der Waals surface area (Å²) >= 11 is 1.05. The summed E-state index contributed by atoms with van der Waals surface area (Å²) in [6.07, 6.45) is -1.65. The zero-order valence-electron chi connectivity index (χ0n) is 18.4. The Labute approximate surface area is 207 Å². The molecule has 0 saturated heterocycles. The van der Waals surface area contributed by atoms with E-state index in [0.717, 1.165) is 11.3 Å². The first kappa shape index (κ1) is 24.0. The number of primary sulfonamides is 1. The largest absolute Gasteiger partial charge is 0.363 e. The average molecular weight is 527 g/mol. The number of aliphatic hydroxyl groups excluding tert-OH is 1. The van der Waals surface area contributed by atoms with Gasteiger partial charge in [0.15, 0.2) is 6.29 Å². The van der Waals surface area contributed by atoms with Crippen LogP contribution in [0.25, 0.3) is 27.2 Å². The second-order valence-corrected chi connectivity index (χ2v) is 10.5. The van der Waals surface area contributed by atoms with E-state index >= 15 is 0 Å². The number of thiazole rings is 1. The van der Waals surface area contributed by atoms with Gasteiger partial charge in [-0.2, -0.15) is 4.68 Å². The first-order valence-electron chi connectivity index (χ1n) is 10.6. The Kier molecular flexibility index (Phi) is 6.06. The van der Waals surface area contributed by atoms with Crippen molar-refractivity contribution < 1.29 is 23.0 Å².